The van der Waals surface area contributed by atoms with Crippen molar-refractivity contribution in [2.24, 2.45) is 0 Å². The first-order chi connectivity index (χ1) is 12.6. The Bertz CT molecular complexity index is 1080. The number of carbonyl (C=O) groups excluding carboxylic acids is 1. The molecule has 3 aromatic rings. The maximum Gasteiger partial charge on any atom is 0.433 e. The maximum atomic E-state index is 12.8. The van der Waals surface area contributed by atoms with E-state index in [9.17, 15) is 27.9 Å². The van der Waals surface area contributed by atoms with Gasteiger partial charge in [-0.3, -0.25) is 0 Å². The average molecular weight is 416 g/mol. The van der Waals surface area contributed by atoms with Crippen molar-refractivity contribution in [2.75, 3.05) is 0 Å². The molecule has 0 amide bonds. The Hall–Kier alpha value is -2.65. The number of hydrogen-bond acceptors (Lipinski definition) is 5. The van der Waals surface area contributed by atoms with Gasteiger partial charge in [0.2, 0.25) is 0 Å². The zero-order valence-electron chi connectivity index (χ0n) is 13.4. The fourth-order valence-electron chi connectivity index (χ4n) is 2.36. The number of rotatable bonds is 3. The molecular weight excluding hydrogens is 407 g/mol. The molecule has 2 heterocycles. The summed E-state index contributed by atoms with van der Waals surface area (Å²) in [6.07, 6.45) is -4.60. The van der Waals surface area contributed by atoms with Crippen LogP contribution in [0.2, 0.25) is 5.02 Å². The second-order valence-electron chi connectivity index (χ2n) is 5.44. The summed E-state index contributed by atoms with van der Waals surface area (Å²) in [6.45, 7) is 1.55. The molecule has 0 saturated heterocycles. The summed E-state index contributed by atoms with van der Waals surface area (Å²) >= 11 is 6.48. The molecule has 3 rings (SSSR count). The summed E-state index contributed by atoms with van der Waals surface area (Å²) in [5, 5.41) is 9.72. The third-order valence-corrected chi connectivity index (χ3v) is 5.07. The third-order valence-electron chi connectivity index (χ3n) is 3.65. The van der Waals surface area contributed by atoms with Crippen LogP contribution in [0.25, 0.3) is 10.2 Å². The number of hydrogen-bond donors (Lipinski definition) is 1. The second-order valence-corrected chi connectivity index (χ2v) is 6.87. The van der Waals surface area contributed by atoms with Crippen LogP contribution in [-0.2, 0) is 6.18 Å². The Morgan fingerprint density at radius 2 is 1.93 bits per heavy atom. The van der Waals surface area contributed by atoms with Gasteiger partial charge in [-0.25, -0.2) is 14.6 Å². The smallest absolute Gasteiger partial charge is 0.433 e. The van der Waals surface area contributed by atoms with Crippen LogP contribution in [0.1, 0.15) is 31.3 Å². The summed E-state index contributed by atoms with van der Waals surface area (Å²) < 4.78 is 43.6. The van der Waals surface area contributed by atoms with Gasteiger partial charge in [-0.1, -0.05) is 11.6 Å². The highest BCUT2D eigenvalue weighted by Crippen LogP contribution is 2.35. The highest BCUT2D eigenvalue weighted by Gasteiger charge is 2.33. The molecule has 10 heteroatoms. The third kappa shape index (κ3) is 3.74. The Kier molecular flexibility index (Phi) is 4.83. The van der Waals surface area contributed by atoms with E-state index in [1.165, 1.54) is 18.2 Å². The van der Waals surface area contributed by atoms with E-state index in [1.807, 2.05) is 0 Å². The molecule has 0 aliphatic rings. The fourth-order valence-corrected chi connectivity index (χ4v) is 3.58. The van der Waals surface area contributed by atoms with E-state index >= 15 is 0 Å². The predicted molar refractivity (Wildman–Crippen MR) is 92.7 cm³/mol. The maximum absolute atomic E-state index is 12.8. The lowest BCUT2D eigenvalue weighted by Crippen LogP contribution is -2.11. The summed E-state index contributed by atoms with van der Waals surface area (Å²) in [5.74, 6) is -2.46. The molecule has 0 unspecified atom stereocenters. The molecule has 27 heavy (non-hydrogen) atoms. The molecule has 0 atom stereocenters. The van der Waals surface area contributed by atoms with E-state index in [0.717, 1.165) is 23.5 Å². The fraction of sp³-hybridized carbons (Fsp3) is 0.118. The number of carboxylic acids is 1. The number of carbonyl (C=O) groups is 2. The van der Waals surface area contributed by atoms with E-state index in [4.69, 9.17) is 16.3 Å². The number of aryl methyl sites for hydroxylation is 1. The molecule has 0 aliphatic carbocycles. The molecule has 140 valence electrons. The number of benzene rings is 1. The molecule has 0 aliphatic heterocycles. The zero-order valence-corrected chi connectivity index (χ0v) is 15.0. The Balaban J connectivity index is 1.99. The van der Waals surface area contributed by atoms with Gasteiger partial charge in [-0.2, -0.15) is 13.2 Å². The van der Waals surface area contributed by atoms with Gasteiger partial charge in [0.15, 0.2) is 0 Å². The molecule has 0 spiro atoms. The average Bonchev–Trinajstić information content (AvgIpc) is 2.92. The van der Waals surface area contributed by atoms with Gasteiger partial charge in [0.05, 0.1) is 0 Å². The lowest BCUT2D eigenvalue weighted by molar-refractivity contribution is -0.140. The highest BCUT2D eigenvalue weighted by molar-refractivity contribution is 7.20. The molecule has 0 saturated carbocycles. The second kappa shape index (κ2) is 6.82. The Labute approximate surface area is 159 Å². The van der Waals surface area contributed by atoms with Gasteiger partial charge in [-0.15, -0.1) is 11.3 Å². The number of ether oxygens (including phenoxy) is 1. The molecular formula is C17H9ClF3NO4S. The minimum absolute atomic E-state index is 0.0307. The van der Waals surface area contributed by atoms with Crippen molar-refractivity contribution in [3.63, 3.8) is 0 Å². The number of nitrogens with zero attached hydrogens (tertiary/aromatic N) is 1. The minimum atomic E-state index is -4.60. The lowest BCUT2D eigenvalue weighted by Gasteiger charge is -2.07. The first kappa shape index (κ1) is 19.1. The number of aromatic carboxylic acids is 1. The van der Waals surface area contributed by atoms with Crippen molar-refractivity contribution in [3.05, 3.63) is 57.1 Å². The predicted octanol–water partition coefficient (Wildman–Crippen LogP) is 5.19. The van der Waals surface area contributed by atoms with Crippen LogP contribution in [0.3, 0.4) is 0 Å². The van der Waals surface area contributed by atoms with Gasteiger partial charge in [-0.05, 0) is 42.8 Å². The van der Waals surface area contributed by atoms with E-state index in [2.05, 4.69) is 4.98 Å². The number of fused-ring (bicyclic) bond motifs is 1. The van der Waals surface area contributed by atoms with Crippen LogP contribution in [0.5, 0.6) is 5.75 Å². The first-order valence-electron chi connectivity index (χ1n) is 7.30. The molecule has 0 radical (unpaired) electrons. The molecule has 1 N–H and O–H groups in total. The van der Waals surface area contributed by atoms with E-state index in [0.29, 0.717) is 10.9 Å². The van der Waals surface area contributed by atoms with Crippen molar-refractivity contribution in [3.8, 4) is 5.75 Å². The van der Waals surface area contributed by atoms with Crippen LogP contribution in [0.4, 0.5) is 13.2 Å². The van der Waals surface area contributed by atoms with Crippen LogP contribution in [0.15, 0.2) is 30.3 Å². The van der Waals surface area contributed by atoms with Gasteiger partial charge in [0, 0.05) is 10.4 Å². The number of thiophene rings is 1. The number of aromatic nitrogens is 1. The minimum Gasteiger partial charge on any atom is -0.478 e. The number of alkyl halides is 3. The molecule has 1 aromatic carbocycles. The van der Waals surface area contributed by atoms with Crippen LogP contribution >= 0.6 is 22.9 Å². The number of esters is 1. The largest absolute Gasteiger partial charge is 0.478 e. The topological polar surface area (TPSA) is 76.5 Å². The quantitative estimate of drug-likeness (QED) is 0.470. The molecule has 0 fully saturated rings. The molecule has 0 bridgehead atoms. The van der Waals surface area contributed by atoms with Crippen molar-refractivity contribution in [1.29, 1.82) is 0 Å². The summed E-state index contributed by atoms with van der Waals surface area (Å²) in [7, 11) is 0. The first-order valence-corrected chi connectivity index (χ1v) is 8.49. The summed E-state index contributed by atoms with van der Waals surface area (Å²) in [5.41, 5.74) is -0.985. The van der Waals surface area contributed by atoms with E-state index in [1.54, 1.807) is 6.92 Å². The standard InChI is InChI=1S/C17H9ClF3NO4S/c1-7-9-3-5-12(17(19,20)21)22-14(9)27-13(7)16(25)26-11-4-2-8(18)6-10(11)15(23)24/h2-6H,1H3,(H,23,24). The lowest BCUT2D eigenvalue weighted by atomic mass is 10.2. The van der Waals surface area contributed by atoms with Gasteiger partial charge >= 0.3 is 18.1 Å². The Morgan fingerprint density at radius 3 is 2.56 bits per heavy atom. The number of pyridine rings is 1. The van der Waals surface area contributed by atoms with Crippen LogP contribution in [0, 0.1) is 6.92 Å². The van der Waals surface area contributed by atoms with Gasteiger partial charge < -0.3 is 9.84 Å². The molecule has 5 nitrogen and oxygen atoms in total. The van der Waals surface area contributed by atoms with E-state index < -0.39 is 23.8 Å². The summed E-state index contributed by atoms with van der Waals surface area (Å²) in [4.78, 5) is 27.3. The highest BCUT2D eigenvalue weighted by atomic mass is 35.5. The van der Waals surface area contributed by atoms with Crippen LogP contribution < -0.4 is 4.74 Å². The monoisotopic (exact) mass is 415 g/mol. The number of carboxylic acid groups (broad SMARTS) is 1. The van der Waals surface area contributed by atoms with Gasteiger partial charge in [0.1, 0.15) is 26.7 Å². The van der Waals surface area contributed by atoms with Gasteiger partial charge in [0.25, 0.3) is 0 Å². The van der Waals surface area contributed by atoms with Crippen molar-refractivity contribution in [2.45, 2.75) is 13.1 Å². The zero-order chi connectivity index (χ0) is 19.9. The number of halogens is 4. The van der Waals surface area contributed by atoms with Crippen molar-refractivity contribution < 1.29 is 32.6 Å². The Morgan fingerprint density at radius 1 is 1.22 bits per heavy atom. The van der Waals surface area contributed by atoms with Crippen molar-refractivity contribution >= 4 is 45.1 Å². The normalized spacial score (nSPS) is 11.6. The van der Waals surface area contributed by atoms with E-state index in [-0.39, 0.29) is 26.0 Å². The summed E-state index contributed by atoms with van der Waals surface area (Å²) in [6, 6.07) is 5.77. The SMILES string of the molecule is Cc1c(C(=O)Oc2ccc(Cl)cc2C(=O)O)sc2nc(C(F)(F)F)ccc12. The van der Waals surface area contributed by atoms with Crippen LogP contribution in [-0.4, -0.2) is 22.0 Å². The molecule has 2 aromatic heterocycles. The van der Waals surface area contributed by atoms with Crippen molar-refractivity contribution in [1.82, 2.24) is 4.98 Å².